The molecule has 1 aromatic carbocycles. The van der Waals surface area contributed by atoms with Crippen LogP contribution in [0.5, 0.6) is 0 Å². The standard InChI is InChI=1S/C17H10Cl3F3N4O/c18-10-6-11(19)14(24-7-10)26-16-25-13(17(21,22)23)12(20)15(28)27(16)8-9-4-2-1-3-5-9/h1-7H,8H2,(H,24,25,26). The van der Waals surface area contributed by atoms with E-state index in [-0.39, 0.29) is 22.4 Å². The molecule has 0 unspecified atom stereocenters. The number of hydrogen-bond donors (Lipinski definition) is 1. The second kappa shape index (κ2) is 7.98. The van der Waals surface area contributed by atoms with Crippen molar-refractivity contribution in [3.05, 3.63) is 79.3 Å². The van der Waals surface area contributed by atoms with Gasteiger partial charge in [0.25, 0.3) is 5.56 Å². The third-order valence-corrected chi connectivity index (χ3v) is 4.44. The lowest BCUT2D eigenvalue weighted by atomic mass is 10.2. The number of benzene rings is 1. The lowest BCUT2D eigenvalue weighted by Gasteiger charge is -2.17. The van der Waals surface area contributed by atoms with Crippen LogP contribution in [-0.2, 0) is 12.7 Å². The van der Waals surface area contributed by atoms with Gasteiger partial charge in [-0.3, -0.25) is 9.36 Å². The molecule has 2 aromatic heterocycles. The minimum absolute atomic E-state index is 0.0183. The third kappa shape index (κ3) is 4.40. The van der Waals surface area contributed by atoms with E-state index in [2.05, 4.69) is 15.3 Å². The lowest BCUT2D eigenvalue weighted by Crippen LogP contribution is -2.29. The minimum Gasteiger partial charge on any atom is -0.309 e. The summed E-state index contributed by atoms with van der Waals surface area (Å²) in [6, 6.07) is 9.97. The Balaban J connectivity index is 2.16. The summed E-state index contributed by atoms with van der Waals surface area (Å²) in [5, 5.41) is 1.81. The SMILES string of the molecule is O=c1c(Cl)c(C(F)(F)F)nc(Nc2ncc(Cl)cc2Cl)n1Cc1ccccc1. The Morgan fingerprint density at radius 1 is 1.11 bits per heavy atom. The van der Waals surface area contributed by atoms with E-state index in [0.29, 0.717) is 5.56 Å². The zero-order valence-corrected chi connectivity index (χ0v) is 16.0. The Labute approximate surface area is 171 Å². The van der Waals surface area contributed by atoms with Crippen molar-refractivity contribution in [1.29, 1.82) is 0 Å². The molecule has 0 amide bonds. The second-order valence-corrected chi connectivity index (χ2v) is 6.80. The molecule has 0 aliphatic carbocycles. The topological polar surface area (TPSA) is 59.8 Å². The van der Waals surface area contributed by atoms with Crippen molar-refractivity contribution in [1.82, 2.24) is 14.5 Å². The fraction of sp³-hybridized carbons (Fsp3) is 0.118. The molecule has 1 N–H and O–H groups in total. The van der Waals surface area contributed by atoms with Gasteiger partial charge in [0, 0.05) is 6.20 Å². The van der Waals surface area contributed by atoms with Crippen LogP contribution in [0.2, 0.25) is 15.1 Å². The number of anilines is 2. The number of nitrogens with one attached hydrogen (secondary N) is 1. The molecule has 11 heteroatoms. The van der Waals surface area contributed by atoms with Crippen LogP contribution in [0.1, 0.15) is 11.3 Å². The van der Waals surface area contributed by atoms with Crippen LogP contribution >= 0.6 is 34.8 Å². The fourth-order valence-electron chi connectivity index (χ4n) is 2.34. The summed E-state index contributed by atoms with van der Waals surface area (Å²) in [6.45, 7) is -0.0714. The Hall–Kier alpha value is -2.29. The monoisotopic (exact) mass is 448 g/mol. The quantitative estimate of drug-likeness (QED) is 0.579. The minimum atomic E-state index is -4.92. The van der Waals surface area contributed by atoms with E-state index in [4.69, 9.17) is 34.8 Å². The lowest BCUT2D eigenvalue weighted by molar-refractivity contribution is -0.141. The molecule has 0 radical (unpaired) electrons. The van der Waals surface area contributed by atoms with E-state index in [0.717, 1.165) is 4.57 Å². The van der Waals surface area contributed by atoms with Crippen LogP contribution in [0, 0.1) is 0 Å². The van der Waals surface area contributed by atoms with E-state index in [9.17, 15) is 18.0 Å². The van der Waals surface area contributed by atoms with Crippen molar-refractivity contribution in [2.45, 2.75) is 12.7 Å². The summed E-state index contributed by atoms with van der Waals surface area (Å²) in [5.74, 6) is -0.433. The second-order valence-electron chi connectivity index (χ2n) is 5.58. The van der Waals surface area contributed by atoms with Crippen molar-refractivity contribution >= 4 is 46.6 Å². The zero-order valence-electron chi connectivity index (χ0n) is 13.8. The number of pyridine rings is 1. The third-order valence-electron chi connectivity index (χ3n) is 3.60. The molecular formula is C17H10Cl3F3N4O. The number of nitrogens with zero attached hydrogens (tertiary/aromatic N) is 3. The molecule has 0 atom stereocenters. The molecule has 5 nitrogen and oxygen atoms in total. The molecule has 28 heavy (non-hydrogen) atoms. The summed E-state index contributed by atoms with van der Waals surface area (Å²) in [4.78, 5) is 20.0. The first kappa shape index (κ1) is 20.4. The molecular weight excluding hydrogens is 440 g/mol. The Morgan fingerprint density at radius 2 is 1.79 bits per heavy atom. The van der Waals surface area contributed by atoms with E-state index in [1.54, 1.807) is 30.3 Å². The van der Waals surface area contributed by atoms with Gasteiger partial charge in [0.1, 0.15) is 5.02 Å². The van der Waals surface area contributed by atoms with Crippen molar-refractivity contribution in [2.24, 2.45) is 0 Å². The van der Waals surface area contributed by atoms with Gasteiger partial charge in [-0.25, -0.2) is 9.97 Å². The number of halogens is 6. The highest BCUT2D eigenvalue weighted by atomic mass is 35.5. The summed E-state index contributed by atoms with van der Waals surface area (Å²) < 4.78 is 40.7. The molecule has 0 aliphatic heterocycles. The number of rotatable bonds is 4. The van der Waals surface area contributed by atoms with Gasteiger partial charge in [0.05, 0.1) is 16.6 Å². The van der Waals surface area contributed by atoms with Gasteiger partial charge in [-0.1, -0.05) is 65.1 Å². The molecule has 0 fully saturated rings. The predicted octanol–water partition coefficient (Wildman–Crippen LogP) is 5.41. The normalized spacial score (nSPS) is 11.5. The molecule has 0 saturated carbocycles. The first-order chi connectivity index (χ1) is 13.2. The summed E-state index contributed by atoms with van der Waals surface area (Å²) in [6.07, 6.45) is -3.67. The Bertz CT molecular complexity index is 1070. The highest BCUT2D eigenvalue weighted by molar-refractivity contribution is 6.36. The Kier molecular flexibility index (Phi) is 5.83. The van der Waals surface area contributed by atoms with Gasteiger partial charge >= 0.3 is 6.18 Å². The molecule has 146 valence electrons. The Morgan fingerprint density at radius 3 is 2.39 bits per heavy atom. The molecule has 2 heterocycles. The molecule has 0 saturated heterocycles. The highest BCUT2D eigenvalue weighted by Crippen LogP contribution is 2.33. The van der Waals surface area contributed by atoms with Crippen LogP contribution in [0.25, 0.3) is 0 Å². The maximum absolute atomic E-state index is 13.3. The van der Waals surface area contributed by atoms with E-state index < -0.39 is 28.4 Å². The summed E-state index contributed by atoms with van der Waals surface area (Å²) >= 11 is 17.5. The number of aromatic nitrogens is 3. The van der Waals surface area contributed by atoms with Crippen LogP contribution in [0.4, 0.5) is 24.9 Å². The van der Waals surface area contributed by atoms with Crippen molar-refractivity contribution < 1.29 is 13.2 Å². The van der Waals surface area contributed by atoms with E-state index in [1.807, 2.05) is 0 Å². The zero-order chi connectivity index (χ0) is 20.5. The van der Waals surface area contributed by atoms with Crippen molar-refractivity contribution in [3.63, 3.8) is 0 Å². The van der Waals surface area contributed by atoms with Crippen LogP contribution < -0.4 is 10.9 Å². The average molecular weight is 450 g/mol. The van der Waals surface area contributed by atoms with Crippen LogP contribution in [-0.4, -0.2) is 14.5 Å². The molecule has 0 spiro atoms. The molecule has 3 aromatic rings. The summed E-state index contributed by atoms with van der Waals surface area (Å²) in [5.41, 5.74) is -1.91. The first-order valence-electron chi connectivity index (χ1n) is 7.66. The molecule has 3 rings (SSSR count). The molecule has 0 aliphatic rings. The highest BCUT2D eigenvalue weighted by Gasteiger charge is 2.38. The van der Waals surface area contributed by atoms with Gasteiger partial charge in [-0.15, -0.1) is 0 Å². The maximum Gasteiger partial charge on any atom is 0.435 e. The van der Waals surface area contributed by atoms with Gasteiger partial charge in [-0.05, 0) is 11.6 Å². The number of hydrogen-bond acceptors (Lipinski definition) is 4. The predicted molar refractivity (Wildman–Crippen MR) is 102 cm³/mol. The molecule has 0 bridgehead atoms. The van der Waals surface area contributed by atoms with E-state index in [1.165, 1.54) is 12.3 Å². The van der Waals surface area contributed by atoms with Crippen LogP contribution in [0.15, 0.2) is 47.4 Å². The van der Waals surface area contributed by atoms with Gasteiger partial charge in [-0.2, -0.15) is 13.2 Å². The van der Waals surface area contributed by atoms with Gasteiger partial charge in [0.15, 0.2) is 11.5 Å². The smallest absolute Gasteiger partial charge is 0.309 e. The van der Waals surface area contributed by atoms with Crippen LogP contribution in [0.3, 0.4) is 0 Å². The number of alkyl halides is 3. The first-order valence-corrected chi connectivity index (χ1v) is 8.79. The van der Waals surface area contributed by atoms with E-state index >= 15 is 0 Å². The van der Waals surface area contributed by atoms with Crippen molar-refractivity contribution in [3.8, 4) is 0 Å². The van der Waals surface area contributed by atoms with Crippen molar-refractivity contribution in [2.75, 3.05) is 5.32 Å². The van der Waals surface area contributed by atoms with Gasteiger partial charge < -0.3 is 5.32 Å². The largest absolute Gasteiger partial charge is 0.435 e. The summed E-state index contributed by atoms with van der Waals surface area (Å²) in [7, 11) is 0. The van der Waals surface area contributed by atoms with Gasteiger partial charge in [0.2, 0.25) is 5.95 Å². The fourth-order valence-corrected chi connectivity index (χ4v) is 3.02. The average Bonchev–Trinajstić information content (AvgIpc) is 2.63. The maximum atomic E-state index is 13.3.